The molecule has 2 aliphatic heterocycles. The van der Waals surface area contributed by atoms with Crippen molar-refractivity contribution in [2.75, 3.05) is 35.5 Å². The van der Waals surface area contributed by atoms with Gasteiger partial charge in [-0.2, -0.15) is 0 Å². The molecule has 7 heteroatoms. The van der Waals surface area contributed by atoms with E-state index in [9.17, 15) is 9.59 Å². The normalized spacial score (nSPS) is 21.2. The van der Waals surface area contributed by atoms with Gasteiger partial charge in [-0.3, -0.25) is 14.9 Å². The number of methoxy groups -OCH3 is 1. The van der Waals surface area contributed by atoms with Crippen molar-refractivity contribution in [3.05, 3.63) is 18.2 Å². The number of nitrogens with one attached hydrogen (secondary N) is 2. The van der Waals surface area contributed by atoms with Crippen molar-refractivity contribution in [2.45, 2.75) is 18.9 Å². The fourth-order valence-electron chi connectivity index (χ4n) is 2.67. The molecule has 1 aromatic rings. The smallest absolute Gasteiger partial charge is 0.242 e. The van der Waals surface area contributed by atoms with E-state index in [1.807, 2.05) is 6.07 Å². The van der Waals surface area contributed by atoms with Crippen molar-refractivity contribution in [3.63, 3.8) is 0 Å². The van der Waals surface area contributed by atoms with E-state index in [2.05, 4.69) is 10.6 Å². The Morgan fingerprint density at radius 1 is 1.50 bits per heavy atom. The highest BCUT2D eigenvalue weighted by molar-refractivity contribution is 7.99. The van der Waals surface area contributed by atoms with Crippen LogP contribution in [0, 0.1) is 0 Å². The number of benzene rings is 1. The minimum absolute atomic E-state index is 0.0473. The maximum absolute atomic E-state index is 12.2. The third-order valence-electron chi connectivity index (χ3n) is 3.84. The molecule has 2 aliphatic rings. The highest BCUT2D eigenvalue weighted by Gasteiger charge is 2.26. The highest BCUT2D eigenvalue weighted by atomic mass is 32.2. The number of thioether (sulfide) groups is 1. The summed E-state index contributed by atoms with van der Waals surface area (Å²) in [5.41, 5.74) is 1.40. The standard InChI is InChI=1S/C15H19N3O3S/c1-21-13-5-4-10(17-15(20)11-8-22-9-16-11)7-12(13)18-6-2-3-14(18)19/h4-5,7,11,16H,2-3,6,8-9H2,1H3,(H,17,20). The minimum Gasteiger partial charge on any atom is -0.495 e. The lowest BCUT2D eigenvalue weighted by Crippen LogP contribution is -2.37. The zero-order chi connectivity index (χ0) is 15.5. The number of ether oxygens (including phenoxy) is 1. The quantitative estimate of drug-likeness (QED) is 0.878. The zero-order valence-corrected chi connectivity index (χ0v) is 13.2. The Kier molecular flexibility index (Phi) is 4.54. The summed E-state index contributed by atoms with van der Waals surface area (Å²) in [6.45, 7) is 0.688. The van der Waals surface area contributed by atoms with Crippen molar-refractivity contribution < 1.29 is 14.3 Å². The van der Waals surface area contributed by atoms with E-state index >= 15 is 0 Å². The summed E-state index contributed by atoms with van der Waals surface area (Å²) < 4.78 is 5.34. The van der Waals surface area contributed by atoms with Crippen molar-refractivity contribution in [1.82, 2.24) is 5.32 Å². The molecule has 2 fully saturated rings. The van der Waals surface area contributed by atoms with Crippen LogP contribution in [0.4, 0.5) is 11.4 Å². The van der Waals surface area contributed by atoms with Crippen molar-refractivity contribution in [3.8, 4) is 5.75 Å². The number of anilines is 2. The molecule has 3 rings (SSSR count). The van der Waals surface area contributed by atoms with Crippen molar-refractivity contribution >= 4 is 35.0 Å². The molecule has 2 heterocycles. The van der Waals surface area contributed by atoms with E-state index < -0.39 is 0 Å². The molecular formula is C15H19N3O3S. The van der Waals surface area contributed by atoms with Gasteiger partial charge in [-0.05, 0) is 24.6 Å². The molecule has 0 saturated carbocycles. The van der Waals surface area contributed by atoms with Crippen LogP contribution < -0.4 is 20.3 Å². The van der Waals surface area contributed by atoms with Crippen LogP contribution >= 0.6 is 11.8 Å². The number of hydrogen-bond acceptors (Lipinski definition) is 5. The molecule has 6 nitrogen and oxygen atoms in total. The first-order chi connectivity index (χ1) is 10.7. The van der Waals surface area contributed by atoms with Crippen LogP contribution in [0.25, 0.3) is 0 Å². The van der Waals surface area contributed by atoms with Crippen LogP contribution in [-0.2, 0) is 9.59 Å². The Balaban J connectivity index is 1.80. The molecule has 1 aromatic carbocycles. The Morgan fingerprint density at radius 2 is 2.36 bits per heavy atom. The molecule has 2 N–H and O–H groups in total. The van der Waals surface area contributed by atoms with E-state index in [0.717, 1.165) is 23.7 Å². The predicted molar refractivity (Wildman–Crippen MR) is 87.5 cm³/mol. The van der Waals surface area contributed by atoms with Gasteiger partial charge >= 0.3 is 0 Å². The number of nitrogens with zero attached hydrogens (tertiary/aromatic N) is 1. The first kappa shape index (κ1) is 15.2. The Bertz CT molecular complexity index is 587. The second-order valence-corrected chi connectivity index (χ2v) is 6.33. The van der Waals surface area contributed by atoms with Crippen LogP contribution in [0.2, 0.25) is 0 Å². The molecule has 0 bridgehead atoms. The molecule has 118 valence electrons. The number of hydrogen-bond donors (Lipinski definition) is 2. The van der Waals surface area contributed by atoms with E-state index in [4.69, 9.17) is 4.74 Å². The van der Waals surface area contributed by atoms with Gasteiger partial charge in [0.1, 0.15) is 5.75 Å². The average Bonchev–Trinajstić information content (AvgIpc) is 3.18. The predicted octanol–water partition coefficient (Wildman–Crippen LogP) is 1.42. The molecule has 0 aliphatic carbocycles. The van der Waals surface area contributed by atoms with Gasteiger partial charge in [-0.1, -0.05) is 0 Å². The number of carbonyl (C=O) groups excluding carboxylic acids is 2. The molecule has 0 aromatic heterocycles. The molecule has 1 atom stereocenters. The fraction of sp³-hybridized carbons (Fsp3) is 0.467. The number of amides is 2. The van der Waals surface area contributed by atoms with Gasteiger partial charge in [0.25, 0.3) is 0 Å². The van der Waals surface area contributed by atoms with Gasteiger partial charge in [0.15, 0.2) is 0 Å². The first-order valence-electron chi connectivity index (χ1n) is 7.29. The molecular weight excluding hydrogens is 302 g/mol. The van der Waals surface area contributed by atoms with Gasteiger partial charge in [-0.25, -0.2) is 0 Å². The van der Waals surface area contributed by atoms with Crippen molar-refractivity contribution in [2.24, 2.45) is 0 Å². The maximum atomic E-state index is 12.2. The molecule has 0 spiro atoms. The van der Waals surface area contributed by atoms with Gasteiger partial charge in [-0.15, -0.1) is 11.8 Å². The summed E-state index contributed by atoms with van der Waals surface area (Å²) in [6, 6.07) is 5.22. The summed E-state index contributed by atoms with van der Waals surface area (Å²) >= 11 is 1.71. The minimum atomic E-state index is -0.163. The van der Waals surface area contributed by atoms with E-state index in [1.165, 1.54) is 0 Å². The van der Waals surface area contributed by atoms with Gasteiger partial charge in [0, 0.05) is 30.3 Å². The zero-order valence-electron chi connectivity index (χ0n) is 12.4. The number of carbonyl (C=O) groups is 2. The fourth-order valence-corrected chi connectivity index (χ4v) is 3.62. The molecule has 2 saturated heterocycles. The number of rotatable bonds is 4. The lowest BCUT2D eigenvalue weighted by molar-refractivity contribution is -0.118. The third-order valence-corrected chi connectivity index (χ3v) is 4.78. The van der Waals surface area contributed by atoms with Crippen LogP contribution in [-0.4, -0.2) is 43.1 Å². The lowest BCUT2D eigenvalue weighted by Gasteiger charge is -2.20. The maximum Gasteiger partial charge on any atom is 0.242 e. The largest absolute Gasteiger partial charge is 0.495 e. The Labute approximate surface area is 133 Å². The molecule has 1 unspecified atom stereocenters. The third kappa shape index (κ3) is 3.05. The van der Waals surface area contributed by atoms with Crippen LogP contribution in [0.1, 0.15) is 12.8 Å². The summed E-state index contributed by atoms with van der Waals surface area (Å²) in [5, 5.41) is 6.04. The topological polar surface area (TPSA) is 70.7 Å². The summed E-state index contributed by atoms with van der Waals surface area (Å²) in [4.78, 5) is 25.8. The SMILES string of the molecule is COc1ccc(NC(=O)C2CSCN2)cc1N1CCCC1=O. The van der Waals surface area contributed by atoms with Crippen LogP contribution in [0.5, 0.6) is 5.75 Å². The van der Waals surface area contributed by atoms with Gasteiger partial charge < -0.3 is 15.0 Å². The first-order valence-corrected chi connectivity index (χ1v) is 8.45. The van der Waals surface area contributed by atoms with Gasteiger partial charge in [0.2, 0.25) is 11.8 Å². The lowest BCUT2D eigenvalue weighted by atomic mass is 10.2. The Morgan fingerprint density at radius 3 is 3.00 bits per heavy atom. The van der Waals surface area contributed by atoms with E-state index in [1.54, 1.807) is 35.9 Å². The van der Waals surface area contributed by atoms with E-state index in [-0.39, 0.29) is 17.9 Å². The molecule has 22 heavy (non-hydrogen) atoms. The summed E-state index contributed by atoms with van der Waals surface area (Å²) in [7, 11) is 1.58. The second-order valence-electron chi connectivity index (χ2n) is 5.30. The highest BCUT2D eigenvalue weighted by Crippen LogP contribution is 2.34. The summed E-state index contributed by atoms with van der Waals surface area (Å²) in [6.07, 6.45) is 1.41. The van der Waals surface area contributed by atoms with Crippen molar-refractivity contribution in [1.29, 1.82) is 0 Å². The van der Waals surface area contributed by atoms with Crippen LogP contribution in [0.15, 0.2) is 18.2 Å². The van der Waals surface area contributed by atoms with Gasteiger partial charge in [0.05, 0.1) is 18.8 Å². The average molecular weight is 321 g/mol. The van der Waals surface area contributed by atoms with Crippen LogP contribution in [0.3, 0.4) is 0 Å². The molecule has 2 amide bonds. The monoisotopic (exact) mass is 321 g/mol. The summed E-state index contributed by atoms with van der Waals surface area (Å²) in [5.74, 6) is 2.26. The Hall–Kier alpha value is -1.73. The van der Waals surface area contributed by atoms with E-state index in [0.29, 0.717) is 24.4 Å². The second kappa shape index (κ2) is 6.58. The molecule has 0 radical (unpaired) electrons.